The third kappa shape index (κ3) is 7.26. The molecule has 5 rings (SSSR count). The van der Waals surface area contributed by atoms with Crippen molar-refractivity contribution in [2.45, 2.75) is 81.8 Å². The fourth-order valence-electron chi connectivity index (χ4n) is 5.49. The number of aliphatic hydroxyl groups excluding tert-OH is 2. The maximum Gasteiger partial charge on any atom is 0.459 e. The Labute approximate surface area is 256 Å². The Morgan fingerprint density at radius 3 is 2.56 bits per heavy atom. The molecule has 0 amide bonds. The van der Waals surface area contributed by atoms with Crippen molar-refractivity contribution >= 4 is 25.1 Å². The van der Waals surface area contributed by atoms with E-state index in [1.54, 1.807) is 30.3 Å². The van der Waals surface area contributed by atoms with E-state index in [2.05, 4.69) is 15.2 Å². The molecule has 13 nitrogen and oxygen atoms in total. The van der Waals surface area contributed by atoms with Gasteiger partial charge in [-0.15, -0.1) is 0 Å². The lowest BCUT2D eigenvalue weighted by Crippen LogP contribution is -2.45. The van der Waals surface area contributed by atoms with Gasteiger partial charge in [0.1, 0.15) is 53.7 Å². The molecule has 1 saturated carbocycles. The number of aromatic nitrogens is 3. The predicted octanol–water partition coefficient (Wildman–Crippen LogP) is 3.71. The number of nitrogen functional groups attached to an aromatic ring is 1. The van der Waals surface area contributed by atoms with E-state index in [1.165, 1.54) is 36.8 Å². The number of hydrogen-bond donors (Lipinski definition) is 4. The second-order valence-electron chi connectivity index (χ2n) is 11.5. The molecule has 0 spiro atoms. The third-order valence-corrected chi connectivity index (χ3v) is 9.70. The second-order valence-corrected chi connectivity index (χ2v) is 13.2. The molecule has 17 heteroatoms. The minimum absolute atomic E-state index is 0.0456. The van der Waals surface area contributed by atoms with Crippen LogP contribution in [0.1, 0.15) is 51.3 Å². The number of para-hydroxylation sites is 1. The molecule has 6 atom stereocenters. The number of anilines is 1. The number of alkyl halides is 3. The van der Waals surface area contributed by atoms with Crippen LogP contribution in [0, 0.1) is 5.92 Å². The van der Waals surface area contributed by atoms with Gasteiger partial charge in [-0.1, -0.05) is 18.2 Å². The molecule has 3 heterocycles. The van der Waals surface area contributed by atoms with Crippen LogP contribution in [0.25, 0.3) is 5.52 Å². The number of nitrogens with two attached hydrogens (primary N) is 1. The van der Waals surface area contributed by atoms with Crippen molar-refractivity contribution in [3.8, 4) is 5.75 Å². The molecule has 1 aliphatic carbocycles. The fraction of sp³-hybridized carbons (Fsp3) is 0.536. The lowest BCUT2D eigenvalue weighted by molar-refractivity contribution is -0.188. The Morgan fingerprint density at radius 1 is 1.20 bits per heavy atom. The van der Waals surface area contributed by atoms with Crippen LogP contribution in [0.4, 0.5) is 19.0 Å². The summed E-state index contributed by atoms with van der Waals surface area (Å²) in [5, 5.41) is 28.6. The van der Waals surface area contributed by atoms with Crippen LogP contribution in [-0.4, -0.2) is 73.5 Å². The molecule has 246 valence electrons. The van der Waals surface area contributed by atoms with Gasteiger partial charge >= 0.3 is 19.9 Å². The summed E-state index contributed by atoms with van der Waals surface area (Å²) in [6, 6.07) is 9.94. The summed E-state index contributed by atoms with van der Waals surface area (Å²) in [5.74, 6) is -1.97. The van der Waals surface area contributed by atoms with Crippen molar-refractivity contribution < 1.29 is 51.3 Å². The molecule has 3 aromatic rings. The smallest absolute Gasteiger partial charge is 0.459 e. The van der Waals surface area contributed by atoms with Gasteiger partial charge in [-0.25, -0.2) is 14.1 Å². The van der Waals surface area contributed by atoms with E-state index in [1.807, 2.05) is 0 Å². The minimum atomic E-state index is -4.42. The number of fused-ring (bicyclic) bond motifs is 1. The predicted molar refractivity (Wildman–Crippen MR) is 153 cm³/mol. The molecule has 2 aliphatic rings. The number of carbonyl (C=O) groups excluding carboxylic acids is 1. The van der Waals surface area contributed by atoms with Gasteiger partial charge in [-0.3, -0.25) is 9.32 Å². The molecule has 1 aromatic carbocycles. The van der Waals surface area contributed by atoms with Gasteiger partial charge in [0.05, 0.1) is 18.2 Å². The quantitative estimate of drug-likeness (QED) is 0.184. The minimum Gasteiger partial charge on any atom is -0.461 e. The number of rotatable bonds is 10. The van der Waals surface area contributed by atoms with E-state index in [-0.39, 0.29) is 37.3 Å². The largest absolute Gasteiger partial charge is 0.461 e. The SMILES string of the molecule is C[C@H](NP(=O)(OC[C@@]1(C)O[C@@H](c2ccc3c(N)ncnn23)[C@H](O)[C@@H]1O)Oc1ccccc1)C(=O)OC1CCC(C(F)(F)F)CC1. The summed E-state index contributed by atoms with van der Waals surface area (Å²) in [6.45, 7) is 2.23. The Balaban J connectivity index is 1.28. The van der Waals surface area contributed by atoms with Crippen LogP contribution >= 0.6 is 7.75 Å². The molecule has 45 heavy (non-hydrogen) atoms. The highest BCUT2D eigenvalue weighted by molar-refractivity contribution is 7.52. The lowest BCUT2D eigenvalue weighted by Gasteiger charge is -2.31. The van der Waals surface area contributed by atoms with Crippen molar-refractivity contribution in [2.75, 3.05) is 12.3 Å². The highest BCUT2D eigenvalue weighted by Gasteiger charge is 2.54. The van der Waals surface area contributed by atoms with Crippen molar-refractivity contribution in [1.82, 2.24) is 19.7 Å². The number of carbonyl (C=O) groups is 1. The average Bonchev–Trinajstić information content (AvgIpc) is 3.52. The normalized spacial score (nSPS) is 29.3. The fourth-order valence-corrected chi connectivity index (χ4v) is 7.07. The Morgan fingerprint density at radius 2 is 1.89 bits per heavy atom. The molecule has 0 radical (unpaired) electrons. The van der Waals surface area contributed by atoms with Gasteiger partial charge in [0.2, 0.25) is 0 Å². The van der Waals surface area contributed by atoms with Crippen LogP contribution in [0.5, 0.6) is 5.75 Å². The second kappa shape index (κ2) is 12.9. The van der Waals surface area contributed by atoms with Crippen LogP contribution in [0.15, 0.2) is 48.8 Å². The van der Waals surface area contributed by atoms with E-state index < -0.39 is 68.5 Å². The number of esters is 1. The van der Waals surface area contributed by atoms with Gasteiger partial charge in [0.15, 0.2) is 5.82 Å². The maximum atomic E-state index is 14.0. The average molecular weight is 658 g/mol. The number of aliphatic hydroxyl groups is 2. The number of hydrogen-bond acceptors (Lipinski definition) is 11. The third-order valence-electron chi connectivity index (χ3n) is 8.07. The topological polar surface area (TPSA) is 180 Å². The Hall–Kier alpha value is -3.27. The summed E-state index contributed by atoms with van der Waals surface area (Å²) in [6.07, 6.45) is -8.07. The molecule has 0 bridgehead atoms. The van der Waals surface area contributed by atoms with E-state index in [0.717, 1.165) is 0 Å². The number of nitrogens with zero attached hydrogens (tertiary/aromatic N) is 3. The molecule has 5 N–H and O–H groups in total. The van der Waals surface area contributed by atoms with Gasteiger partial charge in [0, 0.05) is 0 Å². The summed E-state index contributed by atoms with van der Waals surface area (Å²) < 4.78 is 77.4. The molecular formula is C28H35F3N5O8P. The molecular weight excluding hydrogens is 622 g/mol. The van der Waals surface area contributed by atoms with Crippen LogP contribution < -0.4 is 15.3 Å². The summed E-state index contributed by atoms with van der Waals surface area (Å²) in [4.78, 5) is 16.8. The van der Waals surface area contributed by atoms with E-state index in [0.29, 0.717) is 11.2 Å². The first-order valence-electron chi connectivity index (χ1n) is 14.4. The van der Waals surface area contributed by atoms with Crippen molar-refractivity contribution in [1.29, 1.82) is 0 Å². The Kier molecular flexibility index (Phi) is 9.45. The number of halogens is 3. The first-order valence-corrected chi connectivity index (χ1v) is 15.9. The molecule has 1 unspecified atom stereocenters. The van der Waals surface area contributed by atoms with Crippen molar-refractivity contribution in [3.63, 3.8) is 0 Å². The highest BCUT2D eigenvalue weighted by atomic mass is 31.2. The maximum absolute atomic E-state index is 14.0. The zero-order valence-electron chi connectivity index (χ0n) is 24.5. The molecule has 1 saturated heterocycles. The zero-order valence-corrected chi connectivity index (χ0v) is 25.4. The standard InChI is InChI=1S/C28H35F3N5O8P/c1-16(26(39)42-18-10-8-17(9-11-18)28(29,30)31)35-45(40,44-19-6-4-3-5-7-19)41-14-27(2)24(38)22(37)23(43-27)20-12-13-21-25(32)33-15-34-36(20)21/h3-7,12-13,15-18,22-24,37-38H,8-11,14H2,1-2H3,(H,35,40)(H2,32,33,34)/t16-,17?,18?,22-,23-,24-,27+,45?/m0/s1. The van der Waals surface area contributed by atoms with E-state index >= 15 is 0 Å². The van der Waals surface area contributed by atoms with Gasteiger partial charge < -0.3 is 29.9 Å². The highest BCUT2D eigenvalue weighted by Crippen LogP contribution is 2.48. The zero-order chi connectivity index (χ0) is 32.6. The van der Waals surface area contributed by atoms with Crippen LogP contribution in [0.2, 0.25) is 0 Å². The number of nitrogens with one attached hydrogen (secondary N) is 1. The molecule has 2 aromatic heterocycles. The lowest BCUT2D eigenvalue weighted by atomic mass is 9.87. The van der Waals surface area contributed by atoms with Crippen molar-refractivity contribution in [2.24, 2.45) is 5.92 Å². The van der Waals surface area contributed by atoms with E-state index in [9.17, 15) is 32.7 Å². The van der Waals surface area contributed by atoms with Gasteiger partial charge in [-0.05, 0) is 63.8 Å². The van der Waals surface area contributed by atoms with Crippen LogP contribution in [-0.2, 0) is 23.4 Å². The van der Waals surface area contributed by atoms with E-state index in [4.69, 9.17) is 24.3 Å². The molecule has 2 fully saturated rings. The van der Waals surface area contributed by atoms with Gasteiger partial charge in [-0.2, -0.15) is 23.4 Å². The first-order chi connectivity index (χ1) is 21.2. The van der Waals surface area contributed by atoms with Gasteiger partial charge in [0.25, 0.3) is 0 Å². The van der Waals surface area contributed by atoms with Crippen LogP contribution in [0.3, 0.4) is 0 Å². The number of ether oxygens (including phenoxy) is 2. The first kappa shape index (κ1) is 33.1. The van der Waals surface area contributed by atoms with Crippen molar-refractivity contribution in [3.05, 3.63) is 54.5 Å². The summed E-state index contributed by atoms with van der Waals surface area (Å²) in [5.41, 5.74) is 5.12. The molecule has 1 aliphatic heterocycles. The summed E-state index contributed by atoms with van der Waals surface area (Å²) in [7, 11) is -4.42. The Bertz CT molecular complexity index is 1540. The number of benzene rings is 1. The summed E-state index contributed by atoms with van der Waals surface area (Å²) >= 11 is 0. The monoisotopic (exact) mass is 657 g/mol.